The van der Waals surface area contributed by atoms with Crippen LogP contribution in [0.5, 0.6) is 17.2 Å². The maximum atomic E-state index is 12.6. The minimum Gasteiger partial charge on any atom is -0.493 e. The highest BCUT2D eigenvalue weighted by Gasteiger charge is 2.21. The maximum Gasteiger partial charge on any atom is 0.259 e. The lowest BCUT2D eigenvalue weighted by atomic mass is 10.1. The Bertz CT molecular complexity index is 697. The number of benzene rings is 2. The van der Waals surface area contributed by atoms with Gasteiger partial charge in [-0.1, -0.05) is 25.1 Å². The number of aryl methyl sites for hydroxylation is 1. The molecule has 2 rings (SSSR count). The quantitative estimate of drug-likeness (QED) is 0.886. The van der Waals surface area contributed by atoms with Crippen LogP contribution >= 0.6 is 0 Å². The maximum absolute atomic E-state index is 12.6. The van der Waals surface area contributed by atoms with Crippen LogP contribution in [0, 0.1) is 0 Å². The fraction of sp³-hybridized carbons (Fsp3) is 0.278. The van der Waals surface area contributed by atoms with Gasteiger partial charge in [0.05, 0.1) is 26.9 Å². The average molecular weight is 315 g/mol. The monoisotopic (exact) mass is 315 g/mol. The summed E-state index contributed by atoms with van der Waals surface area (Å²) in [7, 11) is 4.54. The summed E-state index contributed by atoms with van der Waals surface area (Å²) in [6, 6.07) is 11.0. The molecule has 0 bridgehead atoms. The standard InChI is InChI=1S/C18H21NO4/c1-5-12-8-6-7-9-14(12)19-18(20)13-10-11-15(21-2)17(23-4)16(13)22-3/h6-11H,5H2,1-4H3,(H,19,20). The van der Waals surface area contributed by atoms with E-state index in [9.17, 15) is 4.79 Å². The second kappa shape index (κ2) is 7.54. The van der Waals surface area contributed by atoms with Gasteiger partial charge in [-0.3, -0.25) is 4.79 Å². The van der Waals surface area contributed by atoms with E-state index < -0.39 is 0 Å². The molecule has 5 nitrogen and oxygen atoms in total. The number of carbonyl (C=O) groups excluding carboxylic acids is 1. The van der Waals surface area contributed by atoms with E-state index in [1.54, 1.807) is 12.1 Å². The predicted octanol–water partition coefficient (Wildman–Crippen LogP) is 3.53. The highest BCUT2D eigenvalue weighted by atomic mass is 16.5. The number of hydrogen-bond acceptors (Lipinski definition) is 4. The molecular formula is C18H21NO4. The molecule has 0 heterocycles. The fourth-order valence-electron chi connectivity index (χ4n) is 2.42. The van der Waals surface area contributed by atoms with Crippen molar-refractivity contribution < 1.29 is 19.0 Å². The first-order chi connectivity index (χ1) is 11.2. The molecule has 23 heavy (non-hydrogen) atoms. The van der Waals surface area contributed by atoms with Crippen LogP contribution in [0.4, 0.5) is 5.69 Å². The molecule has 2 aromatic carbocycles. The molecule has 0 aliphatic heterocycles. The number of ether oxygens (including phenoxy) is 3. The summed E-state index contributed by atoms with van der Waals surface area (Å²) < 4.78 is 15.9. The molecule has 0 radical (unpaired) electrons. The molecule has 0 saturated heterocycles. The van der Waals surface area contributed by atoms with Crippen LogP contribution in [-0.4, -0.2) is 27.2 Å². The second-order valence-corrected chi connectivity index (χ2v) is 4.85. The van der Waals surface area contributed by atoms with Crippen molar-refractivity contribution in [3.8, 4) is 17.2 Å². The van der Waals surface area contributed by atoms with E-state index in [0.717, 1.165) is 17.7 Å². The zero-order valence-corrected chi connectivity index (χ0v) is 13.8. The van der Waals surface area contributed by atoms with Gasteiger partial charge in [-0.2, -0.15) is 0 Å². The smallest absolute Gasteiger partial charge is 0.259 e. The summed E-state index contributed by atoms with van der Waals surface area (Å²) in [5, 5.41) is 2.93. The molecule has 0 saturated carbocycles. The third kappa shape index (κ3) is 3.39. The lowest BCUT2D eigenvalue weighted by Gasteiger charge is -2.16. The third-order valence-corrected chi connectivity index (χ3v) is 3.60. The van der Waals surface area contributed by atoms with E-state index >= 15 is 0 Å². The summed E-state index contributed by atoms with van der Waals surface area (Å²) in [5.74, 6) is 0.989. The molecule has 0 fully saturated rings. The molecule has 0 aliphatic carbocycles. The van der Waals surface area contributed by atoms with Crippen molar-refractivity contribution in [3.63, 3.8) is 0 Å². The van der Waals surface area contributed by atoms with Crippen molar-refractivity contribution in [3.05, 3.63) is 47.5 Å². The van der Waals surface area contributed by atoms with Gasteiger partial charge >= 0.3 is 0 Å². The number of para-hydroxylation sites is 1. The first-order valence-electron chi connectivity index (χ1n) is 7.34. The summed E-state index contributed by atoms with van der Waals surface area (Å²) >= 11 is 0. The number of hydrogen-bond donors (Lipinski definition) is 1. The third-order valence-electron chi connectivity index (χ3n) is 3.60. The summed E-state index contributed by atoms with van der Waals surface area (Å²) in [5.41, 5.74) is 2.24. The SMILES string of the molecule is CCc1ccccc1NC(=O)c1ccc(OC)c(OC)c1OC. The summed E-state index contributed by atoms with van der Waals surface area (Å²) in [6.07, 6.45) is 0.833. The average Bonchev–Trinajstić information content (AvgIpc) is 2.60. The molecule has 1 amide bonds. The topological polar surface area (TPSA) is 56.8 Å². The molecule has 0 spiro atoms. The molecule has 0 aromatic heterocycles. The minimum atomic E-state index is -0.260. The Labute approximate surface area is 136 Å². The van der Waals surface area contributed by atoms with E-state index in [-0.39, 0.29) is 5.91 Å². The Balaban J connectivity index is 2.39. The molecule has 5 heteroatoms. The normalized spacial score (nSPS) is 10.1. The highest BCUT2D eigenvalue weighted by Crippen LogP contribution is 2.40. The molecule has 0 atom stereocenters. The van der Waals surface area contributed by atoms with Gasteiger partial charge in [-0.25, -0.2) is 0 Å². The van der Waals surface area contributed by atoms with Gasteiger partial charge in [-0.15, -0.1) is 0 Å². The lowest BCUT2D eigenvalue weighted by molar-refractivity contribution is 0.102. The Kier molecular flexibility index (Phi) is 5.46. The minimum absolute atomic E-state index is 0.260. The van der Waals surface area contributed by atoms with E-state index in [1.165, 1.54) is 21.3 Å². The van der Waals surface area contributed by atoms with Gasteiger partial charge in [0.1, 0.15) is 0 Å². The van der Waals surface area contributed by atoms with Gasteiger partial charge in [0.15, 0.2) is 11.5 Å². The van der Waals surface area contributed by atoms with Gasteiger partial charge in [-0.05, 0) is 30.2 Å². The van der Waals surface area contributed by atoms with Gasteiger partial charge < -0.3 is 19.5 Å². The first kappa shape index (κ1) is 16.7. The Morgan fingerprint density at radius 1 is 0.957 bits per heavy atom. The second-order valence-electron chi connectivity index (χ2n) is 4.85. The first-order valence-corrected chi connectivity index (χ1v) is 7.34. The Morgan fingerprint density at radius 3 is 2.26 bits per heavy atom. The molecule has 0 aliphatic rings. The van der Waals surface area contributed by atoms with Gasteiger partial charge in [0.25, 0.3) is 5.91 Å². The van der Waals surface area contributed by atoms with Crippen LogP contribution in [0.1, 0.15) is 22.8 Å². The van der Waals surface area contributed by atoms with Crippen LogP contribution in [0.2, 0.25) is 0 Å². The number of carbonyl (C=O) groups is 1. The van der Waals surface area contributed by atoms with Crippen molar-refractivity contribution >= 4 is 11.6 Å². The van der Waals surface area contributed by atoms with Crippen LogP contribution < -0.4 is 19.5 Å². The highest BCUT2D eigenvalue weighted by molar-refractivity contribution is 6.07. The molecule has 1 N–H and O–H groups in total. The van der Waals surface area contributed by atoms with E-state index in [4.69, 9.17) is 14.2 Å². The number of nitrogens with one attached hydrogen (secondary N) is 1. The van der Waals surface area contributed by atoms with Crippen molar-refractivity contribution in [1.82, 2.24) is 0 Å². The van der Waals surface area contributed by atoms with Crippen LogP contribution in [0.3, 0.4) is 0 Å². The largest absolute Gasteiger partial charge is 0.493 e. The van der Waals surface area contributed by atoms with Crippen molar-refractivity contribution in [2.24, 2.45) is 0 Å². The van der Waals surface area contributed by atoms with Gasteiger partial charge in [0, 0.05) is 5.69 Å². The molecule has 0 unspecified atom stereocenters. The summed E-state index contributed by atoms with van der Waals surface area (Å²) in [4.78, 5) is 12.6. The number of rotatable bonds is 6. The molecule has 122 valence electrons. The van der Waals surface area contributed by atoms with Gasteiger partial charge in [0.2, 0.25) is 5.75 Å². The predicted molar refractivity (Wildman–Crippen MR) is 89.9 cm³/mol. The lowest BCUT2D eigenvalue weighted by Crippen LogP contribution is -2.15. The van der Waals surface area contributed by atoms with Crippen molar-refractivity contribution in [2.75, 3.05) is 26.6 Å². The summed E-state index contributed by atoms with van der Waals surface area (Å²) in [6.45, 7) is 2.04. The Morgan fingerprint density at radius 2 is 1.65 bits per heavy atom. The number of amides is 1. The van der Waals surface area contributed by atoms with E-state index in [2.05, 4.69) is 5.32 Å². The van der Waals surface area contributed by atoms with Crippen LogP contribution in [0.25, 0.3) is 0 Å². The Hall–Kier alpha value is -2.69. The molecular weight excluding hydrogens is 294 g/mol. The van der Waals surface area contributed by atoms with Crippen molar-refractivity contribution in [2.45, 2.75) is 13.3 Å². The number of methoxy groups -OCH3 is 3. The van der Waals surface area contributed by atoms with E-state index in [1.807, 2.05) is 31.2 Å². The van der Waals surface area contributed by atoms with E-state index in [0.29, 0.717) is 22.8 Å². The van der Waals surface area contributed by atoms with Crippen molar-refractivity contribution in [1.29, 1.82) is 0 Å². The molecule has 2 aromatic rings. The number of anilines is 1. The fourth-order valence-corrected chi connectivity index (χ4v) is 2.42. The van der Waals surface area contributed by atoms with Crippen LogP contribution in [0.15, 0.2) is 36.4 Å². The van der Waals surface area contributed by atoms with Crippen LogP contribution in [-0.2, 0) is 6.42 Å². The zero-order valence-electron chi connectivity index (χ0n) is 13.8. The zero-order chi connectivity index (χ0) is 16.8.